The van der Waals surface area contributed by atoms with Gasteiger partial charge in [0.25, 0.3) is 10.0 Å². The van der Waals surface area contributed by atoms with Crippen LogP contribution in [0.4, 0.5) is 13.2 Å². The zero-order chi connectivity index (χ0) is 28.4. The zero-order valence-electron chi connectivity index (χ0n) is 21.1. The number of alkyl halides is 3. The maximum atomic E-state index is 13.7. The molecule has 1 atom stereocenters. The summed E-state index contributed by atoms with van der Waals surface area (Å²) in [6.45, 7) is -0.676. The Hall–Kier alpha value is -2.98. The van der Waals surface area contributed by atoms with E-state index in [1.54, 1.807) is 18.2 Å². The summed E-state index contributed by atoms with van der Waals surface area (Å²) in [4.78, 5) is 18.9. The number of fused-ring (bicyclic) bond motifs is 1. The Bertz CT molecular complexity index is 1660. The maximum Gasteiger partial charge on any atom is 0.422 e. The molecule has 0 saturated heterocycles. The number of para-hydroxylation sites is 2. The van der Waals surface area contributed by atoms with E-state index in [0.717, 1.165) is 3.97 Å². The zero-order valence-corrected chi connectivity index (χ0v) is 24.7. The molecular formula is C24H20F3N3NaO7S2. The minimum atomic E-state index is -4.56. The van der Waals surface area contributed by atoms with Crippen molar-refractivity contribution in [2.45, 2.75) is 28.9 Å². The number of ether oxygens (including phenoxy) is 2. The molecule has 207 valence electrons. The molecule has 0 amide bonds. The van der Waals surface area contributed by atoms with Gasteiger partial charge in [0, 0.05) is 41.3 Å². The number of nitrogens with zero attached hydrogens (tertiary/aromatic N) is 3. The summed E-state index contributed by atoms with van der Waals surface area (Å²) in [6.07, 6.45) is -3.35. The molecule has 2 aromatic carbocycles. The first-order valence-electron chi connectivity index (χ1n) is 11.1. The molecule has 16 heteroatoms. The summed E-state index contributed by atoms with van der Waals surface area (Å²) in [6, 6.07) is 12.5. The van der Waals surface area contributed by atoms with Crippen molar-refractivity contribution < 1.29 is 45.2 Å². The van der Waals surface area contributed by atoms with Gasteiger partial charge in [0.2, 0.25) is 5.16 Å². The van der Waals surface area contributed by atoms with Crippen LogP contribution in [0.1, 0.15) is 11.3 Å². The molecule has 0 aliphatic carbocycles. The van der Waals surface area contributed by atoms with E-state index in [-0.39, 0.29) is 79.2 Å². The summed E-state index contributed by atoms with van der Waals surface area (Å²) >= 11 is 0. The van der Waals surface area contributed by atoms with Gasteiger partial charge in [-0.15, -0.1) is 0 Å². The van der Waals surface area contributed by atoms with Crippen LogP contribution in [-0.4, -0.2) is 86.6 Å². The summed E-state index contributed by atoms with van der Waals surface area (Å²) in [5, 5.41) is 8.43. The van der Waals surface area contributed by atoms with Crippen LogP contribution in [-0.2, 0) is 31.4 Å². The Kier molecular flexibility index (Phi) is 10.0. The average molecular weight is 607 g/mol. The molecule has 0 saturated carbocycles. The van der Waals surface area contributed by atoms with Gasteiger partial charge in [-0.2, -0.15) is 13.2 Å². The average Bonchev–Trinajstić information content (AvgIpc) is 3.28. The molecule has 0 spiro atoms. The van der Waals surface area contributed by atoms with Crippen LogP contribution in [0.2, 0.25) is 0 Å². The smallest absolute Gasteiger partial charge is 0.422 e. The quantitative estimate of drug-likeness (QED) is 0.270. The first kappa shape index (κ1) is 31.5. The van der Waals surface area contributed by atoms with Crippen molar-refractivity contribution in [2.75, 3.05) is 13.2 Å². The van der Waals surface area contributed by atoms with E-state index in [4.69, 9.17) is 14.6 Å². The van der Waals surface area contributed by atoms with Crippen LogP contribution < -0.4 is 9.47 Å². The standard InChI is InChI=1S/C24H20F3N3O7S2.Na/c1-15-19(28-11-10-21(15)37-14-24(25,26)27)13-38(33)23-29-18-4-2-3-5-20(18)30(23)39(34,35)17-8-6-16(7-9-17)36-12-22(31)32;/h2-11H,12-14H2,1H3,(H,31,32);. The van der Waals surface area contributed by atoms with Crippen molar-refractivity contribution >= 4 is 67.4 Å². The molecule has 1 N–H and O–H groups in total. The Morgan fingerprint density at radius 3 is 2.40 bits per heavy atom. The molecule has 1 radical (unpaired) electrons. The molecule has 2 heterocycles. The molecule has 0 fully saturated rings. The minimum Gasteiger partial charge on any atom is -0.484 e. The van der Waals surface area contributed by atoms with E-state index < -0.39 is 46.2 Å². The van der Waals surface area contributed by atoms with Gasteiger partial charge in [-0.25, -0.2) is 22.2 Å². The number of rotatable bonds is 10. The Morgan fingerprint density at radius 1 is 1.07 bits per heavy atom. The number of carbonyl (C=O) groups is 1. The third-order valence-corrected chi connectivity index (χ3v) is 8.39. The summed E-state index contributed by atoms with van der Waals surface area (Å²) < 4.78 is 89.4. The third kappa shape index (κ3) is 7.20. The van der Waals surface area contributed by atoms with Crippen LogP contribution in [0.5, 0.6) is 11.5 Å². The van der Waals surface area contributed by atoms with Crippen LogP contribution in [0.25, 0.3) is 11.0 Å². The number of imidazole rings is 1. The van der Waals surface area contributed by atoms with Crippen molar-refractivity contribution in [2.24, 2.45) is 0 Å². The van der Waals surface area contributed by atoms with Gasteiger partial charge in [0.05, 0.1) is 38.2 Å². The largest absolute Gasteiger partial charge is 0.484 e. The van der Waals surface area contributed by atoms with Crippen LogP contribution in [0.15, 0.2) is 70.8 Å². The van der Waals surface area contributed by atoms with Gasteiger partial charge in [-0.05, 0) is 49.4 Å². The van der Waals surface area contributed by atoms with Crippen molar-refractivity contribution in [1.82, 2.24) is 13.9 Å². The van der Waals surface area contributed by atoms with E-state index >= 15 is 0 Å². The van der Waals surface area contributed by atoms with Crippen LogP contribution in [0.3, 0.4) is 0 Å². The number of benzene rings is 2. The summed E-state index contributed by atoms with van der Waals surface area (Å²) in [5.41, 5.74) is 0.762. The predicted octanol–water partition coefficient (Wildman–Crippen LogP) is 3.31. The SMILES string of the molecule is Cc1c(OCC(F)(F)F)ccnc1CS(=O)c1nc2ccccc2n1S(=O)(=O)c1ccc(OCC(=O)O)cc1.[Na]. The molecule has 1 unspecified atom stereocenters. The van der Waals surface area contributed by atoms with Gasteiger partial charge in [0.1, 0.15) is 11.5 Å². The first-order chi connectivity index (χ1) is 18.4. The number of hydrogen-bond acceptors (Lipinski definition) is 8. The van der Waals surface area contributed by atoms with Crippen molar-refractivity contribution in [3.05, 3.63) is 72.1 Å². The minimum absolute atomic E-state index is 0. The van der Waals surface area contributed by atoms with Gasteiger partial charge < -0.3 is 14.6 Å². The Labute approximate surface area is 251 Å². The van der Waals surface area contributed by atoms with E-state index in [0.29, 0.717) is 0 Å². The third-order valence-electron chi connectivity index (χ3n) is 5.34. The molecule has 0 aliphatic heterocycles. The van der Waals surface area contributed by atoms with Crippen molar-refractivity contribution in [1.29, 1.82) is 0 Å². The first-order valence-corrected chi connectivity index (χ1v) is 13.8. The molecule has 0 aliphatic rings. The summed E-state index contributed by atoms with van der Waals surface area (Å²) in [5.74, 6) is -1.52. The molecule has 4 rings (SSSR count). The van der Waals surface area contributed by atoms with Crippen LogP contribution in [0, 0.1) is 6.92 Å². The second-order valence-corrected chi connectivity index (χ2v) is 11.2. The van der Waals surface area contributed by atoms with Gasteiger partial charge >= 0.3 is 12.1 Å². The number of pyridine rings is 1. The maximum absolute atomic E-state index is 13.7. The monoisotopic (exact) mass is 606 g/mol. The Morgan fingerprint density at radius 2 is 1.75 bits per heavy atom. The van der Waals surface area contributed by atoms with Crippen molar-refractivity contribution in [3.8, 4) is 11.5 Å². The van der Waals surface area contributed by atoms with Gasteiger partial charge in [-0.1, -0.05) is 12.1 Å². The second kappa shape index (κ2) is 12.7. The van der Waals surface area contributed by atoms with Crippen LogP contribution >= 0.6 is 0 Å². The summed E-state index contributed by atoms with van der Waals surface area (Å²) in [7, 11) is -6.47. The second-order valence-electron chi connectivity index (χ2n) is 8.08. The molecule has 0 bridgehead atoms. The van der Waals surface area contributed by atoms with E-state index in [2.05, 4.69) is 9.97 Å². The van der Waals surface area contributed by atoms with E-state index in [9.17, 15) is 30.6 Å². The molecule has 4 aromatic rings. The van der Waals surface area contributed by atoms with Crippen molar-refractivity contribution in [3.63, 3.8) is 0 Å². The fourth-order valence-corrected chi connectivity index (χ4v) is 6.57. The molecule has 10 nitrogen and oxygen atoms in total. The fourth-order valence-electron chi connectivity index (χ4n) is 3.53. The van der Waals surface area contributed by atoms with E-state index in [1.807, 2.05) is 0 Å². The Balaban J connectivity index is 0.00000441. The number of carboxylic acids is 1. The normalized spacial score (nSPS) is 12.5. The fraction of sp³-hybridized carbons (Fsp3) is 0.208. The van der Waals surface area contributed by atoms with Gasteiger partial charge in [0.15, 0.2) is 13.2 Å². The number of carboxylic acid groups (broad SMARTS) is 1. The van der Waals surface area contributed by atoms with E-state index in [1.165, 1.54) is 49.5 Å². The topological polar surface area (TPSA) is 138 Å². The molecular weight excluding hydrogens is 586 g/mol. The van der Waals surface area contributed by atoms with Gasteiger partial charge in [-0.3, -0.25) is 9.19 Å². The predicted molar refractivity (Wildman–Crippen MR) is 138 cm³/mol. The molecule has 2 aromatic heterocycles. The number of aliphatic carboxylic acids is 1. The number of halogens is 3. The number of aromatic nitrogens is 3. The number of hydrogen-bond donors (Lipinski definition) is 1. The molecule has 40 heavy (non-hydrogen) atoms.